The molecule has 1 aromatic rings. The number of hydrogen-bond donors (Lipinski definition) is 1. The molecule has 0 radical (unpaired) electrons. The van der Waals surface area contributed by atoms with Crippen LogP contribution in [0.15, 0.2) is 4.79 Å². The molecule has 4 nitrogen and oxygen atoms in total. The summed E-state index contributed by atoms with van der Waals surface area (Å²) < 4.78 is 1.66. The fourth-order valence-corrected chi connectivity index (χ4v) is 2.44. The summed E-state index contributed by atoms with van der Waals surface area (Å²) in [6, 6.07) is 0. The molecule has 1 aromatic heterocycles. The maximum Gasteiger partial charge on any atom is 0.256 e. The number of nitrogens with zero attached hydrogens (tertiary/aromatic N) is 2. The zero-order valence-electron chi connectivity index (χ0n) is 10.2. The van der Waals surface area contributed by atoms with Gasteiger partial charge in [0.25, 0.3) is 5.56 Å². The van der Waals surface area contributed by atoms with Crippen LogP contribution < -0.4 is 10.9 Å². The minimum atomic E-state index is 0.136. The Morgan fingerprint density at radius 2 is 1.94 bits per heavy atom. The van der Waals surface area contributed by atoms with Gasteiger partial charge in [-0.25, -0.2) is 4.98 Å². The van der Waals surface area contributed by atoms with Crippen molar-refractivity contribution in [3.63, 3.8) is 0 Å². The van der Waals surface area contributed by atoms with Crippen molar-refractivity contribution in [2.75, 3.05) is 13.1 Å². The van der Waals surface area contributed by atoms with Crippen LogP contribution in [0.3, 0.4) is 0 Å². The van der Waals surface area contributed by atoms with Crippen LogP contribution in [0.2, 0.25) is 0 Å². The van der Waals surface area contributed by atoms with Gasteiger partial charge in [0.15, 0.2) is 0 Å². The van der Waals surface area contributed by atoms with Crippen molar-refractivity contribution in [3.8, 4) is 0 Å². The van der Waals surface area contributed by atoms with Gasteiger partial charge in [-0.2, -0.15) is 0 Å². The van der Waals surface area contributed by atoms with Gasteiger partial charge in [-0.05, 0) is 45.7 Å². The Balaban J connectivity index is 2.47. The second-order valence-electron chi connectivity index (χ2n) is 4.55. The van der Waals surface area contributed by atoms with Gasteiger partial charge in [-0.15, -0.1) is 0 Å². The molecule has 0 unspecified atom stereocenters. The number of rotatable bonds is 1. The zero-order chi connectivity index (χ0) is 11.7. The third-order valence-corrected chi connectivity index (χ3v) is 3.49. The topological polar surface area (TPSA) is 46.9 Å². The molecule has 0 atom stereocenters. The van der Waals surface area contributed by atoms with Gasteiger partial charge in [0.05, 0.1) is 0 Å². The Hall–Kier alpha value is -1.16. The van der Waals surface area contributed by atoms with Crippen LogP contribution in [-0.4, -0.2) is 22.6 Å². The van der Waals surface area contributed by atoms with E-state index in [9.17, 15) is 4.79 Å². The van der Waals surface area contributed by atoms with Gasteiger partial charge in [-0.3, -0.25) is 9.36 Å². The van der Waals surface area contributed by atoms with E-state index in [1.165, 1.54) is 0 Å². The van der Waals surface area contributed by atoms with Crippen LogP contribution in [-0.2, 0) is 7.05 Å². The summed E-state index contributed by atoms with van der Waals surface area (Å²) in [6.07, 6.45) is 2.08. The van der Waals surface area contributed by atoms with E-state index in [0.29, 0.717) is 5.92 Å². The summed E-state index contributed by atoms with van der Waals surface area (Å²) in [7, 11) is 1.80. The molecule has 0 amide bonds. The maximum absolute atomic E-state index is 12.2. The molecule has 2 heterocycles. The Bertz CT molecular complexity index is 444. The number of aromatic nitrogens is 2. The fourth-order valence-electron chi connectivity index (χ4n) is 2.44. The quantitative estimate of drug-likeness (QED) is 0.765. The number of piperidine rings is 1. The number of hydrogen-bond acceptors (Lipinski definition) is 3. The van der Waals surface area contributed by atoms with E-state index >= 15 is 0 Å². The largest absolute Gasteiger partial charge is 0.317 e. The van der Waals surface area contributed by atoms with Crippen molar-refractivity contribution in [1.82, 2.24) is 14.9 Å². The number of nitrogens with one attached hydrogen (secondary N) is 1. The molecule has 1 fully saturated rings. The predicted molar refractivity (Wildman–Crippen MR) is 63.8 cm³/mol. The lowest BCUT2D eigenvalue weighted by Crippen LogP contribution is -2.33. The molecule has 0 spiro atoms. The monoisotopic (exact) mass is 221 g/mol. The van der Waals surface area contributed by atoms with Crippen molar-refractivity contribution < 1.29 is 0 Å². The summed E-state index contributed by atoms with van der Waals surface area (Å²) in [5.41, 5.74) is 1.97. The van der Waals surface area contributed by atoms with E-state index < -0.39 is 0 Å². The molecule has 1 N–H and O–H groups in total. The van der Waals surface area contributed by atoms with Crippen molar-refractivity contribution in [2.45, 2.75) is 32.6 Å². The highest BCUT2D eigenvalue weighted by Gasteiger charge is 2.21. The van der Waals surface area contributed by atoms with Gasteiger partial charge >= 0.3 is 0 Å². The first-order valence-electron chi connectivity index (χ1n) is 5.86. The van der Waals surface area contributed by atoms with Gasteiger partial charge in [0.2, 0.25) is 0 Å². The van der Waals surface area contributed by atoms with Crippen LogP contribution >= 0.6 is 0 Å². The molecule has 1 aliphatic rings. The van der Waals surface area contributed by atoms with Crippen LogP contribution in [0, 0.1) is 13.8 Å². The summed E-state index contributed by atoms with van der Waals surface area (Å²) in [4.78, 5) is 16.7. The Morgan fingerprint density at radius 1 is 1.31 bits per heavy atom. The Labute approximate surface area is 95.7 Å². The van der Waals surface area contributed by atoms with Crippen LogP contribution in [0.4, 0.5) is 0 Å². The van der Waals surface area contributed by atoms with Crippen molar-refractivity contribution in [2.24, 2.45) is 7.05 Å². The van der Waals surface area contributed by atoms with E-state index in [1.807, 2.05) is 13.8 Å². The van der Waals surface area contributed by atoms with Gasteiger partial charge < -0.3 is 5.32 Å². The van der Waals surface area contributed by atoms with E-state index in [1.54, 1.807) is 11.6 Å². The average Bonchev–Trinajstić information content (AvgIpc) is 2.28. The molecule has 88 valence electrons. The molecular formula is C12H19N3O. The second kappa shape index (κ2) is 4.37. The van der Waals surface area contributed by atoms with Crippen LogP contribution in [0.5, 0.6) is 0 Å². The van der Waals surface area contributed by atoms with Crippen molar-refractivity contribution in [3.05, 3.63) is 27.4 Å². The standard InChI is InChI=1S/C12H19N3O/c1-8-11(10-4-6-13-7-5-10)12(16)15(3)9(2)14-8/h10,13H,4-7H2,1-3H3. The lowest BCUT2D eigenvalue weighted by Gasteiger charge is -2.24. The average molecular weight is 221 g/mol. The Morgan fingerprint density at radius 3 is 2.56 bits per heavy atom. The van der Waals surface area contributed by atoms with Gasteiger partial charge in [0.1, 0.15) is 5.82 Å². The van der Waals surface area contributed by atoms with Crippen molar-refractivity contribution in [1.29, 1.82) is 0 Å². The van der Waals surface area contributed by atoms with E-state index in [4.69, 9.17) is 0 Å². The fraction of sp³-hybridized carbons (Fsp3) is 0.667. The van der Waals surface area contributed by atoms with Crippen LogP contribution in [0.25, 0.3) is 0 Å². The molecule has 0 aromatic carbocycles. The first-order chi connectivity index (χ1) is 7.61. The third-order valence-electron chi connectivity index (χ3n) is 3.49. The minimum Gasteiger partial charge on any atom is -0.317 e. The van der Waals surface area contributed by atoms with Crippen LogP contribution in [0.1, 0.15) is 35.8 Å². The minimum absolute atomic E-state index is 0.136. The molecule has 0 aliphatic carbocycles. The molecule has 0 saturated carbocycles. The highest BCUT2D eigenvalue weighted by Crippen LogP contribution is 2.24. The Kier molecular flexibility index (Phi) is 3.10. The molecule has 0 bridgehead atoms. The lowest BCUT2D eigenvalue weighted by molar-refractivity contribution is 0.452. The zero-order valence-corrected chi connectivity index (χ0v) is 10.2. The summed E-state index contributed by atoms with van der Waals surface area (Å²) in [5.74, 6) is 1.17. The normalized spacial score (nSPS) is 17.7. The summed E-state index contributed by atoms with van der Waals surface area (Å²) in [5, 5.41) is 3.32. The smallest absolute Gasteiger partial charge is 0.256 e. The summed E-state index contributed by atoms with van der Waals surface area (Å²) in [6.45, 7) is 5.83. The third kappa shape index (κ3) is 1.89. The van der Waals surface area contributed by atoms with E-state index in [0.717, 1.165) is 43.0 Å². The SMILES string of the molecule is Cc1nc(C)n(C)c(=O)c1C1CCNCC1. The molecule has 1 aliphatic heterocycles. The van der Waals surface area contributed by atoms with Crippen molar-refractivity contribution >= 4 is 0 Å². The highest BCUT2D eigenvalue weighted by molar-refractivity contribution is 5.22. The second-order valence-corrected chi connectivity index (χ2v) is 4.55. The first-order valence-corrected chi connectivity index (χ1v) is 5.86. The van der Waals surface area contributed by atoms with E-state index in [-0.39, 0.29) is 5.56 Å². The maximum atomic E-state index is 12.2. The van der Waals surface area contributed by atoms with Gasteiger partial charge in [-0.1, -0.05) is 0 Å². The predicted octanol–water partition coefficient (Wildman–Crippen LogP) is 0.864. The molecule has 4 heteroatoms. The molecule has 16 heavy (non-hydrogen) atoms. The highest BCUT2D eigenvalue weighted by atomic mass is 16.1. The molecular weight excluding hydrogens is 202 g/mol. The lowest BCUT2D eigenvalue weighted by atomic mass is 9.90. The molecule has 1 saturated heterocycles. The summed E-state index contributed by atoms with van der Waals surface area (Å²) >= 11 is 0. The van der Waals surface area contributed by atoms with E-state index in [2.05, 4.69) is 10.3 Å². The first kappa shape index (κ1) is 11.3. The number of aryl methyl sites for hydroxylation is 2. The van der Waals surface area contributed by atoms with Gasteiger partial charge in [0, 0.05) is 18.3 Å². The molecule has 2 rings (SSSR count).